The Morgan fingerprint density at radius 1 is 0.465 bits per heavy atom. The highest BCUT2D eigenvalue weighted by molar-refractivity contribution is 5.90. The average Bonchev–Trinajstić information content (AvgIpc) is 1.75. The Morgan fingerprint density at radius 3 is 1.22 bits per heavy atom. The number of nitrogens with zero attached hydrogens (tertiary/aromatic N) is 4. The fraction of sp³-hybridized carbons (Fsp3) is 0.474. The number of rotatable bonds is 28. The lowest BCUT2D eigenvalue weighted by atomic mass is 9.94. The number of carbonyl (C=O) groups excluding carboxylic acids is 6. The molecule has 0 saturated carbocycles. The lowest BCUT2D eigenvalue weighted by Gasteiger charge is -2.27. The van der Waals surface area contributed by atoms with Crippen LogP contribution in [-0.2, 0) is 104 Å². The highest BCUT2D eigenvalue weighted by Crippen LogP contribution is 2.33. The van der Waals surface area contributed by atoms with Crippen LogP contribution in [0.5, 0.6) is 0 Å². The fourth-order valence-electron chi connectivity index (χ4n) is 11.1. The predicted molar refractivity (Wildman–Crippen MR) is 366 cm³/mol. The fourth-order valence-corrected chi connectivity index (χ4v) is 11.1. The van der Waals surface area contributed by atoms with Gasteiger partial charge in [0.05, 0.1) is 72.0 Å². The number of esters is 3. The maximum Gasteiger partial charge on any atom is 0.306 e. The maximum atomic E-state index is 12.4. The summed E-state index contributed by atoms with van der Waals surface area (Å²) in [4.78, 5) is 72.1. The molecular weight excluding hydrogens is 1300 g/mol. The summed E-state index contributed by atoms with van der Waals surface area (Å²) in [6, 6.07) is 48.4. The molecule has 101 heavy (non-hydrogen) atoms. The molecule has 0 unspecified atom stereocenters. The van der Waals surface area contributed by atoms with Crippen LogP contribution in [0.4, 0.5) is 0 Å². The van der Waals surface area contributed by atoms with Crippen LogP contribution in [0.2, 0.25) is 0 Å². The van der Waals surface area contributed by atoms with Crippen molar-refractivity contribution in [1.29, 1.82) is 0 Å². The summed E-state index contributed by atoms with van der Waals surface area (Å²) in [5.74, 6) is 0.541. The summed E-state index contributed by atoms with van der Waals surface area (Å²) in [5.41, 5.74) is 16.0. The summed E-state index contributed by atoms with van der Waals surface area (Å²) < 4.78 is 61.0. The van der Waals surface area contributed by atoms with Crippen LogP contribution in [0.25, 0.3) is 0 Å². The van der Waals surface area contributed by atoms with E-state index in [1.807, 2.05) is 159 Å². The summed E-state index contributed by atoms with van der Waals surface area (Å²) in [5, 5.41) is 27.7. The van der Waals surface area contributed by atoms with Gasteiger partial charge in [0.1, 0.15) is 62.5 Å². The lowest BCUT2D eigenvalue weighted by molar-refractivity contribution is -0.150. The number of aromatic nitrogens is 4. The third-order valence-corrected chi connectivity index (χ3v) is 17.1. The largest absolute Gasteiger partial charge is 0.461 e. The zero-order valence-electron chi connectivity index (χ0n) is 57.7. The van der Waals surface area contributed by atoms with Crippen molar-refractivity contribution in [3.05, 3.63) is 203 Å². The standard InChI is InChI=1S/C26H31NO6.C25H28N2O5.C16H21NO4.C9H15N3O3/c1-19(31-16-20-8-4-2-5-9-20)26(30)27-15-23(28)24-13-12-22(18-32-24)14-25(29)33-17-21-10-6-3-7-11-21;1-18(29-15-19-8-4-2-5-9-19)24-26-27-25(32-24)22-13-12-21(17-30-22)14-23(28)31-16-20-10-6-3-7-11-20;17-9-14(18)15-7-6-13(11-20-15)8-16(19)21-10-12-4-2-1-3-5-12;1-5(13)8-11-12-9(15-8)7-3-2-6(10)4-14-7/h2-11,19,22,24H,12-18H2,1H3,(H,27,30);2-11,18,21-22H,12-17H2,1H3;1-5,13,15H,6-11,17H2;5-7,13H,2-4,10H2,1H3/t19-,22+,24+;18-,21+,22+;13-,15-;5-,6-,7+/m1101/s1. The Balaban J connectivity index is 0.000000178. The van der Waals surface area contributed by atoms with Crippen LogP contribution in [0.15, 0.2) is 160 Å². The SMILES string of the molecule is C[C@@H](O)c1nnc([C@@H]2CC[C@@H](N)CO2)o1.C[C@@H](OCc1ccccc1)C(=O)NCC(=O)[C@@H]1CC[C@@H](CC(=O)OCc2ccccc2)CO1.C[C@@H](OCc1ccccc1)c1nnc([C@@H]2CC[C@@H](CC(=O)OCc3ccccc3)CO2)o1.NCC(=O)[C@@H]1CC[C@@H](CC(=O)OCc2ccccc2)CO1. The summed E-state index contributed by atoms with van der Waals surface area (Å²) in [6.45, 7) is 8.37. The second-order valence-corrected chi connectivity index (χ2v) is 25.4. The summed E-state index contributed by atoms with van der Waals surface area (Å²) in [6.07, 6.45) is 3.68. The molecule has 4 aliphatic rings. The van der Waals surface area contributed by atoms with Gasteiger partial charge in [0.15, 0.2) is 11.6 Å². The number of nitrogens with two attached hydrogens (primary N) is 2. The van der Waals surface area contributed by atoms with Crippen molar-refractivity contribution in [2.75, 3.05) is 39.5 Å². The van der Waals surface area contributed by atoms with E-state index in [2.05, 4.69) is 25.7 Å². The topological polar surface area (TPSA) is 348 Å². The minimum Gasteiger partial charge on any atom is -0.461 e. The number of carbonyl (C=O) groups is 6. The van der Waals surface area contributed by atoms with Gasteiger partial charge in [0.2, 0.25) is 29.5 Å². The lowest BCUT2D eigenvalue weighted by Crippen LogP contribution is -2.42. The monoisotopic (exact) mass is 1390 g/mol. The van der Waals surface area contributed by atoms with E-state index in [1.165, 1.54) is 0 Å². The summed E-state index contributed by atoms with van der Waals surface area (Å²) >= 11 is 0. The number of amides is 1. The van der Waals surface area contributed by atoms with E-state index >= 15 is 0 Å². The number of nitrogens with one attached hydrogen (secondary N) is 1. The minimum absolute atomic E-state index is 0.00838. The Kier molecular flexibility index (Phi) is 32.8. The van der Waals surface area contributed by atoms with Crippen LogP contribution in [0.1, 0.15) is 167 Å². The maximum absolute atomic E-state index is 12.4. The molecule has 7 aromatic rings. The molecule has 0 radical (unpaired) electrons. The number of ether oxygens (including phenoxy) is 9. The number of hydrogen-bond donors (Lipinski definition) is 4. The van der Waals surface area contributed by atoms with E-state index < -0.39 is 24.4 Å². The Hall–Kier alpha value is -8.76. The smallest absolute Gasteiger partial charge is 0.306 e. The molecule has 25 heteroatoms. The van der Waals surface area contributed by atoms with Gasteiger partial charge >= 0.3 is 17.9 Å². The average molecular weight is 1390 g/mol. The molecule has 0 bridgehead atoms. The highest BCUT2D eigenvalue weighted by atomic mass is 16.6. The van der Waals surface area contributed by atoms with Crippen molar-refractivity contribution in [3.8, 4) is 0 Å². The van der Waals surface area contributed by atoms with Crippen molar-refractivity contribution < 1.29 is 85.3 Å². The van der Waals surface area contributed by atoms with Crippen molar-refractivity contribution in [1.82, 2.24) is 25.7 Å². The first-order chi connectivity index (χ1) is 49.0. The van der Waals surface area contributed by atoms with Crippen LogP contribution >= 0.6 is 0 Å². The first-order valence-electron chi connectivity index (χ1n) is 34.5. The number of hydrogen-bond acceptors (Lipinski definition) is 24. The molecule has 2 aromatic heterocycles. The van der Waals surface area contributed by atoms with Crippen molar-refractivity contribution in [2.45, 2.75) is 173 Å². The number of ketones is 2. The molecule has 542 valence electrons. The molecule has 11 rings (SSSR count). The van der Waals surface area contributed by atoms with E-state index in [9.17, 15) is 33.9 Å². The molecule has 6 heterocycles. The van der Waals surface area contributed by atoms with Gasteiger partial charge in [-0.1, -0.05) is 152 Å². The first-order valence-corrected chi connectivity index (χ1v) is 34.5. The Bertz CT molecular complexity index is 3540. The normalized spacial score (nSPS) is 21.1. The molecule has 1 amide bonds. The van der Waals surface area contributed by atoms with Gasteiger partial charge in [-0.05, 0) is 118 Å². The third kappa shape index (κ3) is 27.9. The predicted octanol–water partition coefficient (Wildman–Crippen LogP) is 9.90. The zero-order chi connectivity index (χ0) is 71.6. The van der Waals surface area contributed by atoms with Gasteiger partial charge in [-0.15, -0.1) is 20.4 Å². The van der Waals surface area contributed by atoms with Crippen LogP contribution in [-0.4, -0.2) is 125 Å². The molecular formula is C76H95N7O18. The quantitative estimate of drug-likeness (QED) is 0.0262. The van der Waals surface area contributed by atoms with Gasteiger partial charge < -0.3 is 73.4 Å². The van der Waals surface area contributed by atoms with E-state index in [4.69, 9.17) is 62.9 Å². The van der Waals surface area contributed by atoms with Crippen LogP contribution < -0.4 is 16.8 Å². The second kappa shape index (κ2) is 42.5. The van der Waals surface area contributed by atoms with Gasteiger partial charge in [-0.3, -0.25) is 28.8 Å². The molecule has 5 aromatic carbocycles. The molecule has 4 fully saturated rings. The van der Waals surface area contributed by atoms with E-state index in [0.29, 0.717) is 103 Å². The zero-order valence-corrected chi connectivity index (χ0v) is 57.7. The van der Waals surface area contributed by atoms with Crippen molar-refractivity contribution in [2.24, 2.45) is 29.2 Å². The molecule has 0 spiro atoms. The van der Waals surface area contributed by atoms with Gasteiger partial charge in [0.25, 0.3) is 0 Å². The molecule has 6 N–H and O–H groups in total. The Labute approximate surface area is 589 Å². The Morgan fingerprint density at radius 2 is 0.842 bits per heavy atom. The van der Waals surface area contributed by atoms with Crippen LogP contribution in [0, 0.1) is 17.8 Å². The van der Waals surface area contributed by atoms with Gasteiger partial charge in [0, 0.05) is 6.04 Å². The van der Waals surface area contributed by atoms with E-state index in [-0.39, 0.29) is 109 Å². The number of aliphatic hydroxyl groups is 1. The molecule has 25 nitrogen and oxygen atoms in total. The number of benzene rings is 5. The molecule has 4 aliphatic heterocycles. The second-order valence-electron chi connectivity index (χ2n) is 25.4. The van der Waals surface area contributed by atoms with Gasteiger partial charge in [-0.2, -0.15) is 0 Å². The van der Waals surface area contributed by atoms with Crippen molar-refractivity contribution in [3.63, 3.8) is 0 Å². The minimum atomic E-state index is -0.739. The number of aliphatic hydroxyl groups excluding tert-OH is 1. The molecule has 11 atom stereocenters. The molecule has 0 aliphatic carbocycles. The van der Waals surface area contributed by atoms with Crippen molar-refractivity contribution >= 4 is 35.4 Å². The molecule has 4 saturated heterocycles. The van der Waals surface area contributed by atoms with Gasteiger partial charge in [-0.25, -0.2) is 0 Å². The van der Waals surface area contributed by atoms with E-state index in [0.717, 1.165) is 59.9 Å². The highest BCUT2D eigenvalue weighted by Gasteiger charge is 2.33. The van der Waals surface area contributed by atoms with E-state index in [1.54, 1.807) is 13.8 Å². The van der Waals surface area contributed by atoms with Crippen LogP contribution in [0.3, 0.4) is 0 Å². The summed E-state index contributed by atoms with van der Waals surface area (Å²) in [7, 11) is 0. The third-order valence-electron chi connectivity index (χ3n) is 17.1. The first kappa shape index (κ1) is 78.0. The number of Topliss-reactive ketones (excluding diaryl/α,β-unsaturated/α-hetero) is 2.